The van der Waals surface area contributed by atoms with Crippen LogP contribution >= 0.6 is 11.8 Å². The Labute approximate surface area is 114 Å². The monoisotopic (exact) mass is 265 g/mol. The Morgan fingerprint density at radius 1 is 1.44 bits per heavy atom. The first-order valence-corrected chi connectivity index (χ1v) is 7.63. The number of aromatic nitrogens is 1. The number of hydrogen-bond donors (Lipinski definition) is 1. The Morgan fingerprint density at radius 2 is 2.28 bits per heavy atom. The molecule has 18 heavy (non-hydrogen) atoms. The van der Waals surface area contributed by atoms with Crippen molar-refractivity contribution < 1.29 is 0 Å². The highest BCUT2D eigenvalue weighted by molar-refractivity contribution is 8.00. The van der Waals surface area contributed by atoms with E-state index in [0.717, 1.165) is 25.5 Å². The van der Waals surface area contributed by atoms with Crippen molar-refractivity contribution in [2.75, 3.05) is 30.7 Å². The summed E-state index contributed by atoms with van der Waals surface area (Å²) < 4.78 is 0.384. The molecule has 3 nitrogen and oxygen atoms in total. The van der Waals surface area contributed by atoms with Crippen LogP contribution in [0.3, 0.4) is 0 Å². The second kappa shape index (κ2) is 5.93. The lowest BCUT2D eigenvalue weighted by Gasteiger charge is -2.37. The minimum atomic E-state index is 0.384. The summed E-state index contributed by atoms with van der Waals surface area (Å²) in [6, 6.07) is 4.25. The number of thioether (sulfide) groups is 1. The first kappa shape index (κ1) is 13.7. The van der Waals surface area contributed by atoms with Gasteiger partial charge in [0.25, 0.3) is 0 Å². The molecule has 2 rings (SSSR count). The quantitative estimate of drug-likeness (QED) is 0.906. The number of hydrogen-bond acceptors (Lipinski definition) is 4. The number of pyridine rings is 1. The normalized spacial score (nSPS) is 19.7. The van der Waals surface area contributed by atoms with E-state index in [1.807, 2.05) is 6.20 Å². The van der Waals surface area contributed by atoms with Gasteiger partial charge in [-0.05, 0) is 32.4 Å². The summed E-state index contributed by atoms with van der Waals surface area (Å²) in [6.07, 6.45) is 1.99. The Balaban J connectivity index is 1.92. The zero-order valence-corrected chi connectivity index (χ0v) is 12.4. The van der Waals surface area contributed by atoms with Gasteiger partial charge in [-0.3, -0.25) is 4.90 Å². The van der Waals surface area contributed by atoms with Gasteiger partial charge in [0.05, 0.1) is 0 Å². The molecule has 0 radical (unpaired) electrons. The average molecular weight is 265 g/mol. The van der Waals surface area contributed by atoms with E-state index in [0.29, 0.717) is 4.75 Å². The van der Waals surface area contributed by atoms with Crippen LogP contribution in [-0.2, 0) is 6.54 Å². The lowest BCUT2D eigenvalue weighted by molar-refractivity contribution is 0.252. The molecule has 1 aromatic rings. The molecule has 1 aromatic heterocycles. The molecule has 1 aliphatic rings. The lowest BCUT2D eigenvalue weighted by Crippen LogP contribution is -2.42. The molecule has 0 atom stereocenters. The van der Waals surface area contributed by atoms with Crippen LogP contribution in [0, 0.1) is 0 Å². The van der Waals surface area contributed by atoms with Crippen molar-refractivity contribution in [2.45, 2.75) is 32.1 Å². The molecule has 0 spiro atoms. The smallest absolute Gasteiger partial charge is 0.125 e. The third-order valence-electron chi connectivity index (χ3n) is 3.09. The highest BCUT2D eigenvalue weighted by atomic mass is 32.2. The Bertz CT molecular complexity index is 375. The lowest BCUT2D eigenvalue weighted by atomic mass is 10.1. The molecule has 0 aromatic carbocycles. The molecular weight excluding hydrogens is 242 g/mol. The molecule has 1 saturated heterocycles. The van der Waals surface area contributed by atoms with Crippen LogP contribution in [0.2, 0.25) is 0 Å². The van der Waals surface area contributed by atoms with Crippen LogP contribution in [0.1, 0.15) is 26.3 Å². The summed E-state index contributed by atoms with van der Waals surface area (Å²) in [4.78, 5) is 6.96. The van der Waals surface area contributed by atoms with Crippen LogP contribution in [0.15, 0.2) is 18.3 Å². The van der Waals surface area contributed by atoms with Gasteiger partial charge in [-0.2, -0.15) is 11.8 Å². The highest BCUT2D eigenvalue weighted by Gasteiger charge is 2.26. The topological polar surface area (TPSA) is 28.2 Å². The molecule has 4 heteroatoms. The summed E-state index contributed by atoms with van der Waals surface area (Å²) >= 11 is 2.08. The first-order valence-electron chi connectivity index (χ1n) is 6.64. The molecule has 0 unspecified atom stereocenters. The van der Waals surface area contributed by atoms with Gasteiger partial charge < -0.3 is 5.32 Å². The molecule has 0 amide bonds. The van der Waals surface area contributed by atoms with Gasteiger partial charge in [0.15, 0.2) is 0 Å². The van der Waals surface area contributed by atoms with E-state index in [1.54, 1.807) is 0 Å². The van der Waals surface area contributed by atoms with Gasteiger partial charge in [0, 0.05) is 42.9 Å². The molecule has 1 aliphatic heterocycles. The fourth-order valence-electron chi connectivity index (χ4n) is 2.31. The number of rotatable bonds is 4. The molecule has 1 N–H and O–H groups in total. The predicted molar refractivity (Wildman–Crippen MR) is 80.2 cm³/mol. The zero-order chi connectivity index (χ0) is 13.0. The minimum Gasteiger partial charge on any atom is -0.370 e. The fourth-order valence-corrected chi connectivity index (χ4v) is 3.49. The zero-order valence-electron chi connectivity index (χ0n) is 11.6. The van der Waals surface area contributed by atoms with Crippen molar-refractivity contribution >= 4 is 17.6 Å². The van der Waals surface area contributed by atoms with Gasteiger partial charge in [-0.1, -0.05) is 6.07 Å². The Morgan fingerprint density at radius 3 is 2.89 bits per heavy atom. The van der Waals surface area contributed by atoms with E-state index in [-0.39, 0.29) is 0 Å². The van der Waals surface area contributed by atoms with E-state index >= 15 is 0 Å². The second-order valence-corrected chi connectivity index (χ2v) is 7.20. The third-order valence-corrected chi connectivity index (χ3v) is 4.39. The van der Waals surface area contributed by atoms with Crippen LogP contribution in [-0.4, -0.2) is 40.0 Å². The SMILES string of the molecule is CCNc1ccc(CN2CCSC(C)(C)C2)cn1. The van der Waals surface area contributed by atoms with Crippen molar-refractivity contribution in [3.63, 3.8) is 0 Å². The molecule has 1 fully saturated rings. The minimum absolute atomic E-state index is 0.384. The summed E-state index contributed by atoms with van der Waals surface area (Å²) in [5.74, 6) is 2.20. The Hall–Kier alpha value is -0.740. The van der Waals surface area contributed by atoms with Crippen LogP contribution in [0.5, 0.6) is 0 Å². The maximum atomic E-state index is 4.43. The standard InChI is InChI=1S/C14H23N3S/c1-4-15-13-6-5-12(9-16-13)10-17-7-8-18-14(2,3)11-17/h5-6,9H,4,7-8,10-11H2,1-3H3,(H,15,16). The molecule has 0 bridgehead atoms. The van der Waals surface area contributed by atoms with Gasteiger partial charge in [0.1, 0.15) is 5.82 Å². The summed E-state index contributed by atoms with van der Waals surface area (Å²) in [5.41, 5.74) is 1.30. The second-order valence-electron chi connectivity index (χ2n) is 5.40. The van der Waals surface area contributed by atoms with E-state index < -0.39 is 0 Å². The summed E-state index contributed by atoms with van der Waals surface area (Å²) in [5, 5.41) is 3.22. The van der Waals surface area contributed by atoms with Gasteiger partial charge in [-0.15, -0.1) is 0 Å². The summed E-state index contributed by atoms with van der Waals surface area (Å²) in [6.45, 7) is 11.0. The van der Waals surface area contributed by atoms with E-state index in [1.165, 1.54) is 17.9 Å². The molecule has 2 heterocycles. The largest absolute Gasteiger partial charge is 0.370 e. The molecule has 0 saturated carbocycles. The third kappa shape index (κ3) is 3.89. The van der Waals surface area contributed by atoms with Gasteiger partial charge >= 0.3 is 0 Å². The fraction of sp³-hybridized carbons (Fsp3) is 0.643. The van der Waals surface area contributed by atoms with Crippen LogP contribution in [0.25, 0.3) is 0 Å². The van der Waals surface area contributed by atoms with Crippen LogP contribution in [0.4, 0.5) is 5.82 Å². The highest BCUT2D eigenvalue weighted by Crippen LogP contribution is 2.30. The predicted octanol–water partition coefficient (Wildman–Crippen LogP) is 2.84. The maximum Gasteiger partial charge on any atom is 0.125 e. The van der Waals surface area contributed by atoms with Crippen molar-refractivity contribution in [1.82, 2.24) is 9.88 Å². The first-order chi connectivity index (χ1) is 8.59. The van der Waals surface area contributed by atoms with Crippen molar-refractivity contribution in [2.24, 2.45) is 0 Å². The van der Waals surface area contributed by atoms with E-state index in [4.69, 9.17) is 0 Å². The van der Waals surface area contributed by atoms with Crippen molar-refractivity contribution in [1.29, 1.82) is 0 Å². The molecular formula is C14H23N3S. The van der Waals surface area contributed by atoms with Gasteiger partial charge in [-0.25, -0.2) is 4.98 Å². The maximum absolute atomic E-state index is 4.43. The van der Waals surface area contributed by atoms with Gasteiger partial charge in [0.2, 0.25) is 0 Å². The van der Waals surface area contributed by atoms with E-state index in [9.17, 15) is 0 Å². The van der Waals surface area contributed by atoms with Crippen LogP contribution < -0.4 is 5.32 Å². The Kier molecular flexibility index (Phi) is 4.51. The number of nitrogens with one attached hydrogen (secondary N) is 1. The van der Waals surface area contributed by atoms with Crippen molar-refractivity contribution in [3.8, 4) is 0 Å². The molecule has 100 valence electrons. The number of nitrogens with zero attached hydrogens (tertiary/aromatic N) is 2. The molecule has 0 aliphatic carbocycles. The van der Waals surface area contributed by atoms with Crippen molar-refractivity contribution in [3.05, 3.63) is 23.9 Å². The summed E-state index contributed by atoms with van der Waals surface area (Å²) in [7, 11) is 0. The average Bonchev–Trinajstić information content (AvgIpc) is 2.31. The van der Waals surface area contributed by atoms with E-state index in [2.05, 4.69) is 59.9 Å². The number of anilines is 1.